The van der Waals surface area contributed by atoms with Gasteiger partial charge in [-0.15, -0.1) is 24.0 Å². The number of aliphatic imine (C=N–C) groups is 1. The van der Waals surface area contributed by atoms with E-state index in [-0.39, 0.29) is 36.6 Å². The minimum absolute atomic E-state index is 0. The number of aromatic nitrogens is 3. The van der Waals surface area contributed by atoms with Gasteiger partial charge < -0.3 is 15.4 Å². The van der Waals surface area contributed by atoms with E-state index < -0.39 is 11.7 Å². The van der Waals surface area contributed by atoms with Gasteiger partial charge in [0.25, 0.3) is 0 Å². The molecular weight excluding hydrogens is 512 g/mol. The Hall–Kier alpha value is -1.89. The second-order valence-electron chi connectivity index (χ2n) is 6.83. The van der Waals surface area contributed by atoms with E-state index in [4.69, 9.17) is 4.74 Å². The third-order valence-electron chi connectivity index (χ3n) is 4.56. The molecule has 1 aliphatic rings. The van der Waals surface area contributed by atoms with Gasteiger partial charge in [0, 0.05) is 26.1 Å². The topological polar surface area (TPSA) is 76.4 Å². The first kappa shape index (κ1) is 24.4. The Kier molecular flexibility index (Phi) is 8.89. The molecule has 1 aliphatic heterocycles. The largest absolute Gasteiger partial charge is 0.416 e. The zero-order valence-corrected chi connectivity index (χ0v) is 19.2. The van der Waals surface area contributed by atoms with E-state index in [1.54, 1.807) is 7.11 Å². The molecule has 11 heteroatoms. The number of aryl methyl sites for hydroxylation is 1. The molecule has 1 aromatic carbocycles. The van der Waals surface area contributed by atoms with Crippen LogP contribution in [0.4, 0.5) is 13.2 Å². The maximum Gasteiger partial charge on any atom is 0.416 e. The molecule has 0 radical (unpaired) electrons. The molecule has 0 spiro atoms. The molecule has 0 amide bonds. The molecule has 0 saturated carbocycles. The number of hydrogen-bond donors (Lipinski definition) is 2. The van der Waals surface area contributed by atoms with E-state index in [1.165, 1.54) is 12.1 Å². The summed E-state index contributed by atoms with van der Waals surface area (Å²) < 4.78 is 45.0. The first-order valence-electron chi connectivity index (χ1n) is 9.51. The predicted octanol–water partition coefficient (Wildman–Crippen LogP) is 3.13. The highest BCUT2D eigenvalue weighted by Crippen LogP contribution is 2.29. The Balaban J connectivity index is 0.00000320. The van der Waals surface area contributed by atoms with Crippen molar-refractivity contribution in [1.82, 2.24) is 25.4 Å². The van der Waals surface area contributed by atoms with Crippen LogP contribution < -0.4 is 10.6 Å². The summed E-state index contributed by atoms with van der Waals surface area (Å²) in [7, 11) is 1.61. The van der Waals surface area contributed by atoms with Crippen LogP contribution in [0, 0.1) is 0 Å². The molecule has 0 fully saturated rings. The minimum atomic E-state index is -4.33. The molecule has 0 saturated heterocycles. The van der Waals surface area contributed by atoms with Gasteiger partial charge in [0.2, 0.25) is 0 Å². The van der Waals surface area contributed by atoms with E-state index in [0.29, 0.717) is 37.0 Å². The lowest BCUT2D eigenvalue weighted by Crippen LogP contribution is -2.47. The summed E-state index contributed by atoms with van der Waals surface area (Å²) >= 11 is 0. The zero-order chi connectivity index (χ0) is 20.9. The zero-order valence-electron chi connectivity index (χ0n) is 16.9. The second-order valence-corrected chi connectivity index (χ2v) is 6.83. The van der Waals surface area contributed by atoms with Crippen LogP contribution in [0.5, 0.6) is 0 Å². The Morgan fingerprint density at radius 1 is 1.30 bits per heavy atom. The highest BCUT2D eigenvalue weighted by Gasteiger charge is 2.29. The van der Waals surface area contributed by atoms with Gasteiger partial charge in [-0.2, -0.15) is 18.3 Å². The van der Waals surface area contributed by atoms with Gasteiger partial charge in [0.05, 0.1) is 18.7 Å². The Morgan fingerprint density at radius 2 is 2.03 bits per heavy atom. The first-order valence-corrected chi connectivity index (χ1v) is 9.51. The van der Waals surface area contributed by atoms with Crippen LogP contribution in [-0.2, 0) is 37.0 Å². The molecule has 30 heavy (non-hydrogen) atoms. The molecule has 2 heterocycles. The van der Waals surface area contributed by atoms with Crippen molar-refractivity contribution in [1.29, 1.82) is 0 Å². The van der Waals surface area contributed by atoms with Crippen molar-refractivity contribution >= 4 is 29.9 Å². The van der Waals surface area contributed by atoms with Gasteiger partial charge in [0.1, 0.15) is 12.4 Å². The molecule has 7 nitrogen and oxygen atoms in total. The number of methoxy groups -OCH3 is 1. The lowest BCUT2D eigenvalue weighted by Gasteiger charge is -2.25. The van der Waals surface area contributed by atoms with Crippen molar-refractivity contribution in [2.24, 2.45) is 4.99 Å². The van der Waals surface area contributed by atoms with Crippen LogP contribution in [-0.4, -0.2) is 40.4 Å². The van der Waals surface area contributed by atoms with Gasteiger partial charge >= 0.3 is 6.18 Å². The van der Waals surface area contributed by atoms with E-state index in [0.717, 1.165) is 30.8 Å². The Bertz CT molecular complexity index is 838. The lowest BCUT2D eigenvalue weighted by molar-refractivity contribution is -0.137. The quantitative estimate of drug-likeness (QED) is 0.336. The lowest BCUT2D eigenvalue weighted by atomic mass is 10.1. The van der Waals surface area contributed by atoms with Crippen molar-refractivity contribution in [3.05, 3.63) is 47.0 Å². The van der Waals surface area contributed by atoms with Gasteiger partial charge in [0.15, 0.2) is 11.8 Å². The fourth-order valence-corrected chi connectivity index (χ4v) is 3.15. The third-order valence-corrected chi connectivity index (χ3v) is 4.56. The third kappa shape index (κ3) is 6.56. The summed E-state index contributed by atoms with van der Waals surface area (Å²) in [5.74, 6) is 2.24. The number of ether oxygens (including phenoxy) is 1. The van der Waals surface area contributed by atoms with Crippen molar-refractivity contribution in [3.8, 4) is 0 Å². The predicted molar refractivity (Wildman–Crippen MR) is 118 cm³/mol. The average molecular weight is 538 g/mol. The molecular formula is C19H26F3IN6O. The van der Waals surface area contributed by atoms with Crippen LogP contribution in [0.3, 0.4) is 0 Å². The van der Waals surface area contributed by atoms with E-state index >= 15 is 0 Å². The van der Waals surface area contributed by atoms with E-state index in [9.17, 15) is 13.2 Å². The minimum Gasteiger partial charge on any atom is -0.377 e. The standard InChI is InChI=1S/C19H25F3N6O.HI/c1-3-23-18(24-10-13-4-6-14(7-5-13)19(20,21)22)25-15-8-9-17-26-16(12-29-2)27-28(17)11-15;/h4-7,15H,3,8-12H2,1-2H3,(H2,23,24,25);1H. The van der Waals surface area contributed by atoms with E-state index in [2.05, 4.69) is 25.7 Å². The van der Waals surface area contributed by atoms with E-state index in [1.807, 2.05) is 11.6 Å². The average Bonchev–Trinajstić information content (AvgIpc) is 3.08. The monoisotopic (exact) mass is 538 g/mol. The molecule has 0 bridgehead atoms. The molecule has 166 valence electrons. The molecule has 2 aromatic rings. The summed E-state index contributed by atoms with van der Waals surface area (Å²) in [6.07, 6.45) is -2.65. The summed E-state index contributed by atoms with van der Waals surface area (Å²) in [5, 5.41) is 11.0. The van der Waals surface area contributed by atoms with Crippen LogP contribution in [0.15, 0.2) is 29.3 Å². The van der Waals surface area contributed by atoms with Gasteiger partial charge in [-0.25, -0.2) is 14.7 Å². The number of fused-ring (bicyclic) bond motifs is 1. The fraction of sp³-hybridized carbons (Fsp3) is 0.526. The van der Waals surface area contributed by atoms with Crippen molar-refractivity contribution in [3.63, 3.8) is 0 Å². The Morgan fingerprint density at radius 3 is 2.67 bits per heavy atom. The van der Waals surface area contributed by atoms with Gasteiger partial charge in [-0.05, 0) is 31.0 Å². The first-order chi connectivity index (χ1) is 13.9. The van der Waals surface area contributed by atoms with Crippen molar-refractivity contribution in [2.75, 3.05) is 13.7 Å². The smallest absolute Gasteiger partial charge is 0.377 e. The summed E-state index contributed by atoms with van der Waals surface area (Å²) in [6.45, 7) is 3.97. The van der Waals surface area contributed by atoms with Crippen LogP contribution in [0.1, 0.15) is 36.1 Å². The van der Waals surface area contributed by atoms with Gasteiger partial charge in [-0.1, -0.05) is 12.1 Å². The highest BCUT2D eigenvalue weighted by molar-refractivity contribution is 14.0. The summed E-state index contributed by atoms with van der Waals surface area (Å²) in [4.78, 5) is 8.97. The highest BCUT2D eigenvalue weighted by atomic mass is 127. The fourth-order valence-electron chi connectivity index (χ4n) is 3.15. The molecule has 3 rings (SSSR count). The maximum absolute atomic E-state index is 12.7. The number of hydrogen-bond acceptors (Lipinski definition) is 4. The SMILES string of the molecule is CCNC(=NCc1ccc(C(F)(F)F)cc1)NC1CCc2nc(COC)nn2C1.I. The van der Waals surface area contributed by atoms with Crippen LogP contribution in [0.2, 0.25) is 0 Å². The number of nitrogens with zero attached hydrogens (tertiary/aromatic N) is 4. The van der Waals surface area contributed by atoms with Crippen LogP contribution in [0.25, 0.3) is 0 Å². The maximum atomic E-state index is 12.7. The molecule has 1 aromatic heterocycles. The number of benzene rings is 1. The van der Waals surface area contributed by atoms with Crippen LogP contribution >= 0.6 is 24.0 Å². The van der Waals surface area contributed by atoms with Crippen molar-refractivity contribution in [2.45, 2.75) is 51.7 Å². The number of guanidine groups is 1. The Labute approximate surface area is 190 Å². The van der Waals surface area contributed by atoms with Crippen molar-refractivity contribution < 1.29 is 17.9 Å². The molecule has 1 unspecified atom stereocenters. The number of halogens is 4. The summed E-state index contributed by atoms with van der Waals surface area (Å²) in [6, 6.07) is 5.20. The second kappa shape index (κ2) is 10.9. The number of rotatable bonds is 6. The molecule has 1 atom stereocenters. The number of nitrogens with one attached hydrogen (secondary N) is 2. The number of alkyl halides is 3. The molecule has 0 aliphatic carbocycles. The normalized spacial score (nSPS) is 16.6. The summed E-state index contributed by atoms with van der Waals surface area (Å²) in [5.41, 5.74) is 0.0514. The van der Waals surface area contributed by atoms with Gasteiger partial charge in [-0.3, -0.25) is 0 Å². The molecule has 2 N–H and O–H groups in total.